The van der Waals surface area contributed by atoms with E-state index in [-0.39, 0.29) is 5.84 Å². The molecule has 5 heteroatoms. The number of para-hydroxylation sites is 1. The van der Waals surface area contributed by atoms with Crippen LogP contribution in [0.2, 0.25) is 0 Å². The summed E-state index contributed by atoms with van der Waals surface area (Å²) >= 11 is 0. The number of hydroxylamine groups is 3. The summed E-state index contributed by atoms with van der Waals surface area (Å²) in [6.07, 6.45) is 1.59. The van der Waals surface area contributed by atoms with Gasteiger partial charge in [-0.1, -0.05) is 23.3 Å². The largest absolute Gasteiger partial charge is 0.714 e. The Labute approximate surface area is 123 Å². The summed E-state index contributed by atoms with van der Waals surface area (Å²) in [6, 6.07) is 9.47. The molecule has 3 rings (SSSR count). The molecule has 109 valence electrons. The Hall–Kier alpha value is -2.14. The van der Waals surface area contributed by atoms with Gasteiger partial charge in [0.05, 0.1) is 11.1 Å². The van der Waals surface area contributed by atoms with Crippen molar-refractivity contribution in [3.05, 3.63) is 47.3 Å². The Kier molecular flexibility index (Phi) is 2.75. The van der Waals surface area contributed by atoms with E-state index in [0.29, 0.717) is 5.56 Å². The lowest BCUT2D eigenvalue weighted by atomic mass is 9.84. The number of benzene rings is 1. The maximum absolute atomic E-state index is 12.6. The second-order valence-electron chi connectivity index (χ2n) is 6.45. The van der Waals surface area contributed by atoms with Crippen molar-refractivity contribution in [2.45, 2.75) is 38.8 Å². The van der Waals surface area contributed by atoms with E-state index in [1.54, 1.807) is 33.9 Å². The van der Waals surface area contributed by atoms with Gasteiger partial charge in [-0.15, -0.1) is 0 Å². The third-order valence-electron chi connectivity index (χ3n) is 4.75. The van der Waals surface area contributed by atoms with Crippen LogP contribution < -0.4 is 0 Å². The summed E-state index contributed by atoms with van der Waals surface area (Å²) in [7, 11) is 0. The lowest BCUT2D eigenvalue weighted by Gasteiger charge is -2.32. The van der Waals surface area contributed by atoms with E-state index in [1.165, 1.54) is 0 Å². The average Bonchev–Trinajstić information content (AvgIpc) is 2.57. The third kappa shape index (κ3) is 1.74. The molecule has 0 saturated carbocycles. The van der Waals surface area contributed by atoms with Gasteiger partial charge < -0.3 is 5.21 Å². The van der Waals surface area contributed by atoms with Gasteiger partial charge in [-0.25, -0.2) is 0 Å². The second kappa shape index (κ2) is 4.18. The fraction of sp³-hybridized carbons (Fsp3) is 0.375. The van der Waals surface area contributed by atoms with Crippen LogP contribution in [0, 0.1) is 5.21 Å². The van der Waals surface area contributed by atoms with Gasteiger partial charge in [0.2, 0.25) is 0 Å². The minimum Gasteiger partial charge on any atom is -0.714 e. The minimum absolute atomic E-state index is 0.128. The number of hydrogen-bond acceptors (Lipinski definition) is 3. The van der Waals surface area contributed by atoms with Crippen LogP contribution in [0.15, 0.2) is 36.5 Å². The molecular formula is C16H18N3O2. The SMILES string of the molecule is CC1(C)N([O])C(c2cnc3ccccc3c2)=[N+]([O-])C1(C)C. The Morgan fingerprint density at radius 3 is 2.48 bits per heavy atom. The summed E-state index contributed by atoms with van der Waals surface area (Å²) in [5.74, 6) is 0.128. The number of aromatic nitrogens is 1. The van der Waals surface area contributed by atoms with Gasteiger partial charge in [-0.05, 0) is 39.8 Å². The van der Waals surface area contributed by atoms with Crippen molar-refractivity contribution in [3.8, 4) is 0 Å². The van der Waals surface area contributed by atoms with Gasteiger partial charge in [0, 0.05) is 16.8 Å². The highest BCUT2D eigenvalue weighted by atomic mass is 16.5. The van der Waals surface area contributed by atoms with Crippen molar-refractivity contribution in [2.75, 3.05) is 0 Å². The molecule has 1 aliphatic rings. The van der Waals surface area contributed by atoms with Gasteiger partial charge in [0.15, 0.2) is 5.54 Å². The van der Waals surface area contributed by atoms with E-state index < -0.39 is 11.1 Å². The first-order valence-electron chi connectivity index (χ1n) is 6.93. The van der Waals surface area contributed by atoms with Crippen molar-refractivity contribution < 1.29 is 9.95 Å². The molecule has 21 heavy (non-hydrogen) atoms. The maximum atomic E-state index is 12.6. The van der Waals surface area contributed by atoms with E-state index in [1.807, 2.05) is 30.3 Å². The second-order valence-corrected chi connectivity index (χ2v) is 6.45. The molecule has 2 aromatic rings. The fourth-order valence-corrected chi connectivity index (χ4v) is 2.54. The molecule has 0 N–H and O–H groups in total. The maximum Gasteiger partial charge on any atom is 0.318 e. The molecule has 0 saturated heterocycles. The Bertz CT molecular complexity index is 750. The van der Waals surface area contributed by atoms with Crippen molar-refractivity contribution in [2.24, 2.45) is 0 Å². The van der Waals surface area contributed by atoms with Gasteiger partial charge in [-0.3, -0.25) is 9.72 Å². The van der Waals surface area contributed by atoms with Crippen LogP contribution in [-0.4, -0.2) is 31.7 Å². The summed E-state index contributed by atoms with van der Waals surface area (Å²) in [5.41, 5.74) is -0.225. The predicted molar refractivity (Wildman–Crippen MR) is 80.2 cm³/mol. The average molecular weight is 284 g/mol. The van der Waals surface area contributed by atoms with Crippen LogP contribution in [0.3, 0.4) is 0 Å². The molecule has 1 aliphatic heterocycles. The number of hydrogen-bond donors (Lipinski definition) is 0. The lowest BCUT2D eigenvalue weighted by Crippen LogP contribution is -2.53. The van der Waals surface area contributed by atoms with E-state index >= 15 is 0 Å². The first-order valence-corrected chi connectivity index (χ1v) is 6.93. The number of fused-ring (bicyclic) bond motifs is 1. The lowest BCUT2D eigenvalue weighted by molar-refractivity contribution is -0.539. The van der Waals surface area contributed by atoms with Gasteiger partial charge in [0.25, 0.3) is 0 Å². The smallest absolute Gasteiger partial charge is 0.318 e. The minimum atomic E-state index is -0.810. The highest BCUT2D eigenvalue weighted by Crippen LogP contribution is 2.37. The summed E-state index contributed by atoms with van der Waals surface area (Å²) in [4.78, 5) is 4.34. The summed E-state index contributed by atoms with van der Waals surface area (Å²) in [6.45, 7) is 7.14. The molecule has 2 heterocycles. The molecule has 1 aromatic heterocycles. The van der Waals surface area contributed by atoms with Gasteiger partial charge >= 0.3 is 5.84 Å². The standard InChI is InChI=1S/C16H18N3O2/c1-15(2)16(3,4)19(21)14(18(15)20)12-9-11-7-5-6-8-13(11)17-10-12/h5-10H,1-4H3. The topological polar surface area (TPSA) is 62.1 Å². The van der Waals surface area contributed by atoms with Crippen LogP contribution in [0.1, 0.15) is 33.3 Å². The Morgan fingerprint density at radius 1 is 1.19 bits per heavy atom. The number of amidine groups is 1. The number of nitrogens with zero attached hydrogens (tertiary/aromatic N) is 3. The third-order valence-corrected chi connectivity index (χ3v) is 4.75. The van der Waals surface area contributed by atoms with Crippen molar-refractivity contribution in [1.82, 2.24) is 10.0 Å². The monoisotopic (exact) mass is 284 g/mol. The van der Waals surface area contributed by atoms with Crippen LogP contribution in [0.5, 0.6) is 0 Å². The van der Waals surface area contributed by atoms with Crippen molar-refractivity contribution in [3.63, 3.8) is 0 Å². The molecule has 0 unspecified atom stereocenters. The molecule has 0 bridgehead atoms. The van der Waals surface area contributed by atoms with Crippen LogP contribution in [0.4, 0.5) is 0 Å². The van der Waals surface area contributed by atoms with Crippen molar-refractivity contribution in [1.29, 1.82) is 0 Å². The molecule has 0 spiro atoms. The molecule has 1 radical (unpaired) electrons. The summed E-state index contributed by atoms with van der Waals surface area (Å²) in [5, 5.41) is 26.9. The van der Waals surface area contributed by atoms with E-state index in [9.17, 15) is 10.4 Å². The zero-order chi connectivity index (χ0) is 15.4. The van der Waals surface area contributed by atoms with Crippen LogP contribution >= 0.6 is 0 Å². The quantitative estimate of drug-likeness (QED) is 0.597. The van der Waals surface area contributed by atoms with E-state index in [4.69, 9.17) is 0 Å². The first-order chi connectivity index (χ1) is 9.76. The molecular weight excluding hydrogens is 266 g/mol. The number of pyridine rings is 1. The van der Waals surface area contributed by atoms with E-state index in [0.717, 1.165) is 20.7 Å². The normalized spacial score (nSPS) is 20.3. The molecule has 0 aliphatic carbocycles. The molecule has 5 nitrogen and oxygen atoms in total. The molecule has 1 aromatic carbocycles. The van der Waals surface area contributed by atoms with E-state index in [2.05, 4.69) is 4.98 Å². The highest BCUT2D eigenvalue weighted by Gasteiger charge is 2.60. The number of rotatable bonds is 1. The van der Waals surface area contributed by atoms with Crippen LogP contribution in [-0.2, 0) is 5.21 Å². The first kappa shape index (κ1) is 13.8. The predicted octanol–water partition coefficient (Wildman–Crippen LogP) is 2.71. The fourth-order valence-electron chi connectivity index (χ4n) is 2.54. The van der Waals surface area contributed by atoms with Crippen LogP contribution in [0.25, 0.3) is 10.9 Å². The molecule has 0 fully saturated rings. The molecule has 0 amide bonds. The summed E-state index contributed by atoms with van der Waals surface area (Å²) < 4.78 is 0.811. The van der Waals surface area contributed by atoms with Gasteiger partial charge in [-0.2, -0.15) is 0 Å². The zero-order valence-electron chi connectivity index (χ0n) is 12.6. The molecule has 0 atom stereocenters. The highest BCUT2D eigenvalue weighted by molar-refractivity contribution is 5.98. The van der Waals surface area contributed by atoms with Gasteiger partial charge in [0.1, 0.15) is 5.54 Å². The zero-order valence-corrected chi connectivity index (χ0v) is 12.6. The Morgan fingerprint density at radius 2 is 1.86 bits per heavy atom. The van der Waals surface area contributed by atoms with Crippen molar-refractivity contribution >= 4 is 16.7 Å². The Balaban J connectivity index is 2.20.